The summed E-state index contributed by atoms with van der Waals surface area (Å²) in [6.45, 7) is 1.54. The van der Waals surface area contributed by atoms with Gasteiger partial charge in [-0.2, -0.15) is 0 Å². The number of aliphatic hydroxyl groups is 1. The number of methoxy groups -OCH3 is 1. The lowest BCUT2D eigenvalue weighted by Gasteiger charge is -2.38. The minimum Gasteiger partial charge on any atom is -0.396 e. The molecule has 0 saturated carbocycles. The van der Waals surface area contributed by atoms with Crippen molar-refractivity contribution in [3.8, 4) is 0 Å². The minimum atomic E-state index is 0.148. The van der Waals surface area contributed by atoms with E-state index in [9.17, 15) is 5.11 Å². The second-order valence-electron chi connectivity index (χ2n) is 7.64. The maximum atomic E-state index is 9.59. The summed E-state index contributed by atoms with van der Waals surface area (Å²) in [6, 6.07) is 16.9. The van der Waals surface area contributed by atoms with Gasteiger partial charge in [-0.3, -0.25) is 4.98 Å². The van der Waals surface area contributed by atoms with Gasteiger partial charge in [0.15, 0.2) is 5.11 Å². The number of hydrogen-bond acceptors (Lipinski definition) is 4. The largest absolute Gasteiger partial charge is 0.396 e. The van der Waals surface area contributed by atoms with Crippen molar-refractivity contribution in [2.45, 2.75) is 31.8 Å². The number of benzene rings is 2. The second kappa shape index (κ2) is 9.51. The maximum Gasteiger partial charge on any atom is 0.174 e. The van der Waals surface area contributed by atoms with Crippen molar-refractivity contribution >= 4 is 33.8 Å². The number of aliphatic hydroxyl groups excluding tert-OH is 1. The summed E-state index contributed by atoms with van der Waals surface area (Å²) in [7, 11) is 1.70. The second-order valence-corrected chi connectivity index (χ2v) is 8.03. The zero-order valence-electron chi connectivity index (χ0n) is 17.2. The van der Waals surface area contributed by atoms with E-state index in [1.807, 2.05) is 18.3 Å². The van der Waals surface area contributed by atoms with Crippen LogP contribution in [0.5, 0.6) is 0 Å². The predicted octanol–water partition coefficient (Wildman–Crippen LogP) is 3.93. The standard InChI is InChI=1S/C24H27N3O2S/c1-29-12-10-20-14-22-18(15-25-20)7-4-8-23(22)26-24(30)27-16-19-6-3-2-5-17(19)13-21(27)9-11-28/h2-8,14-15,21,28H,9-13,16H2,1H3,(H,26,30)/t21-/m1/s1. The van der Waals surface area contributed by atoms with Crippen molar-refractivity contribution in [1.82, 2.24) is 9.88 Å². The molecule has 156 valence electrons. The molecule has 0 saturated heterocycles. The van der Waals surface area contributed by atoms with Crippen LogP contribution in [0.25, 0.3) is 10.8 Å². The average Bonchev–Trinajstić information content (AvgIpc) is 2.77. The molecule has 1 aliphatic rings. The third-order valence-corrected chi connectivity index (χ3v) is 6.04. The number of hydrogen-bond donors (Lipinski definition) is 2. The molecule has 2 heterocycles. The highest BCUT2D eigenvalue weighted by Crippen LogP contribution is 2.28. The van der Waals surface area contributed by atoms with Crippen LogP contribution in [0.4, 0.5) is 5.69 Å². The Morgan fingerprint density at radius 2 is 2.07 bits per heavy atom. The molecule has 0 unspecified atom stereocenters. The smallest absolute Gasteiger partial charge is 0.174 e. The van der Waals surface area contributed by atoms with Crippen LogP contribution in [-0.2, 0) is 24.1 Å². The highest BCUT2D eigenvalue weighted by Gasteiger charge is 2.27. The van der Waals surface area contributed by atoms with Gasteiger partial charge in [-0.1, -0.05) is 36.4 Å². The average molecular weight is 422 g/mol. The Balaban J connectivity index is 1.60. The summed E-state index contributed by atoms with van der Waals surface area (Å²) in [5, 5.41) is 15.9. The van der Waals surface area contributed by atoms with E-state index in [2.05, 4.69) is 51.6 Å². The Morgan fingerprint density at radius 3 is 2.87 bits per heavy atom. The number of nitrogens with zero attached hydrogens (tertiary/aromatic N) is 2. The van der Waals surface area contributed by atoms with Crippen LogP contribution >= 0.6 is 12.2 Å². The zero-order valence-corrected chi connectivity index (χ0v) is 18.0. The van der Waals surface area contributed by atoms with Gasteiger partial charge in [-0.05, 0) is 48.3 Å². The quantitative estimate of drug-likeness (QED) is 0.588. The van der Waals surface area contributed by atoms with Crippen molar-refractivity contribution < 1.29 is 9.84 Å². The first-order valence-electron chi connectivity index (χ1n) is 10.3. The predicted molar refractivity (Wildman–Crippen MR) is 125 cm³/mol. The molecule has 0 aliphatic carbocycles. The molecule has 30 heavy (non-hydrogen) atoms. The lowest BCUT2D eigenvalue weighted by Crippen LogP contribution is -2.46. The third-order valence-electron chi connectivity index (χ3n) is 5.70. The van der Waals surface area contributed by atoms with E-state index in [0.29, 0.717) is 18.1 Å². The fourth-order valence-corrected chi connectivity index (χ4v) is 4.41. The number of aromatic nitrogens is 1. The monoisotopic (exact) mass is 421 g/mol. The van der Waals surface area contributed by atoms with E-state index in [4.69, 9.17) is 17.0 Å². The number of anilines is 1. The summed E-state index contributed by atoms with van der Waals surface area (Å²) in [5.74, 6) is 0. The van der Waals surface area contributed by atoms with Gasteiger partial charge in [0.05, 0.1) is 6.61 Å². The molecule has 0 amide bonds. The molecule has 1 atom stereocenters. The third kappa shape index (κ3) is 4.46. The van der Waals surface area contributed by atoms with Crippen LogP contribution in [0.2, 0.25) is 0 Å². The SMILES string of the molecule is COCCc1cc2c(NC(=S)N3Cc4ccccc4C[C@H]3CCO)cccc2cn1. The Labute approximate surface area is 182 Å². The lowest BCUT2D eigenvalue weighted by molar-refractivity contribution is 0.201. The number of thiocarbonyl (C=S) groups is 1. The van der Waals surface area contributed by atoms with Crippen molar-refractivity contribution in [1.29, 1.82) is 0 Å². The highest BCUT2D eigenvalue weighted by atomic mass is 32.1. The van der Waals surface area contributed by atoms with Gasteiger partial charge < -0.3 is 20.1 Å². The molecule has 0 radical (unpaired) electrons. The zero-order chi connectivity index (χ0) is 20.9. The summed E-state index contributed by atoms with van der Waals surface area (Å²) >= 11 is 5.84. The number of pyridine rings is 1. The summed E-state index contributed by atoms with van der Waals surface area (Å²) in [4.78, 5) is 6.75. The van der Waals surface area contributed by atoms with Crippen LogP contribution in [0.3, 0.4) is 0 Å². The van der Waals surface area contributed by atoms with Crippen molar-refractivity contribution in [2.75, 3.05) is 25.6 Å². The number of ether oxygens (including phenoxy) is 1. The Bertz CT molecular complexity index is 1040. The van der Waals surface area contributed by atoms with Gasteiger partial charge in [0.1, 0.15) is 0 Å². The minimum absolute atomic E-state index is 0.148. The van der Waals surface area contributed by atoms with Gasteiger partial charge in [-0.15, -0.1) is 0 Å². The highest BCUT2D eigenvalue weighted by molar-refractivity contribution is 7.80. The molecular weight excluding hydrogens is 394 g/mol. The summed E-state index contributed by atoms with van der Waals surface area (Å²) in [5.41, 5.74) is 4.60. The molecule has 1 aliphatic heterocycles. The van der Waals surface area contributed by atoms with Gasteiger partial charge >= 0.3 is 0 Å². The Hall–Kier alpha value is -2.54. The van der Waals surface area contributed by atoms with E-state index >= 15 is 0 Å². The Kier molecular flexibility index (Phi) is 6.57. The van der Waals surface area contributed by atoms with E-state index in [1.165, 1.54) is 11.1 Å². The van der Waals surface area contributed by atoms with Crippen LogP contribution in [0.15, 0.2) is 54.7 Å². The molecular formula is C24H27N3O2S. The molecule has 3 aromatic rings. The van der Waals surface area contributed by atoms with Crippen molar-refractivity contribution in [3.05, 3.63) is 71.5 Å². The van der Waals surface area contributed by atoms with Crippen LogP contribution in [0, 0.1) is 0 Å². The van der Waals surface area contributed by atoms with Gasteiger partial charge in [0, 0.05) is 61.1 Å². The molecule has 2 aromatic carbocycles. The Morgan fingerprint density at radius 1 is 1.23 bits per heavy atom. The number of rotatable bonds is 6. The van der Waals surface area contributed by atoms with Crippen LogP contribution in [-0.4, -0.2) is 46.5 Å². The molecule has 2 N–H and O–H groups in total. The van der Waals surface area contributed by atoms with E-state index in [-0.39, 0.29) is 12.6 Å². The van der Waals surface area contributed by atoms with E-state index < -0.39 is 0 Å². The summed E-state index contributed by atoms with van der Waals surface area (Å²) in [6.07, 6.45) is 4.25. The van der Waals surface area contributed by atoms with Crippen LogP contribution in [0.1, 0.15) is 23.2 Å². The molecule has 1 aromatic heterocycles. The molecule has 5 nitrogen and oxygen atoms in total. The molecule has 4 rings (SSSR count). The fraction of sp³-hybridized carbons (Fsp3) is 0.333. The number of nitrogens with one attached hydrogen (secondary N) is 1. The van der Waals surface area contributed by atoms with Gasteiger partial charge in [0.2, 0.25) is 0 Å². The topological polar surface area (TPSA) is 57.6 Å². The van der Waals surface area contributed by atoms with Gasteiger partial charge in [0.25, 0.3) is 0 Å². The molecule has 0 bridgehead atoms. The molecule has 0 spiro atoms. The van der Waals surface area contributed by atoms with E-state index in [1.54, 1.807) is 7.11 Å². The molecule has 0 fully saturated rings. The first kappa shape index (κ1) is 20.7. The molecule has 6 heteroatoms. The van der Waals surface area contributed by atoms with Crippen LogP contribution < -0.4 is 5.32 Å². The lowest BCUT2D eigenvalue weighted by atomic mass is 9.93. The first-order chi connectivity index (χ1) is 14.7. The van der Waals surface area contributed by atoms with Crippen molar-refractivity contribution in [2.24, 2.45) is 0 Å². The number of fused-ring (bicyclic) bond motifs is 2. The summed E-state index contributed by atoms with van der Waals surface area (Å²) < 4.78 is 5.19. The van der Waals surface area contributed by atoms with Gasteiger partial charge in [-0.25, -0.2) is 0 Å². The fourth-order valence-electron chi connectivity index (χ4n) is 4.08. The first-order valence-corrected chi connectivity index (χ1v) is 10.7. The van der Waals surface area contributed by atoms with E-state index in [0.717, 1.165) is 41.5 Å². The maximum absolute atomic E-state index is 9.59. The van der Waals surface area contributed by atoms with Crippen molar-refractivity contribution in [3.63, 3.8) is 0 Å². The normalized spacial score (nSPS) is 15.8.